The maximum atomic E-state index is 14.6. The van der Waals surface area contributed by atoms with Crippen LogP contribution in [-0.4, -0.2) is 36.4 Å². The number of hydrogen-bond donors (Lipinski definition) is 1. The smallest absolute Gasteiger partial charge is 0.191 e. The summed E-state index contributed by atoms with van der Waals surface area (Å²) in [7, 11) is -4.35. The van der Waals surface area contributed by atoms with Crippen molar-refractivity contribution in [1.29, 1.82) is 0 Å². The van der Waals surface area contributed by atoms with Gasteiger partial charge in [-0.25, -0.2) is 31.6 Å². The molecule has 1 aromatic heterocycles. The highest BCUT2D eigenvalue weighted by Gasteiger charge is 2.26. The number of sulfone groups is 1. The van der Waals surface area contributed by atoms with Crippen molar-refractivity contribution in [3.8, 4) is 0 Å². The van der Waals surface area contributed by atoms with E-state index in [1.54, 1.807) is 6.07 Å². The standard InChI is InChI=1S/C22H21F3N4O2S/c23-18-5-1-4-15(13-29-8-3-9-29)17(18)12-28-16-10-19(24)22(20(25)11-16)32(30,31)14-21-26-6-2-7-27-21/h1-2,4-7,10-11,28H,3,8-9,12-14H2. The van der Waals surface area contributed by atoms with Crippen molar-refractivity contribution in [2.45, 2.75) is 30.2 Å². The molecule has 4 rings (SSSR count). The molecule has 0 atom stereocenters. The van der Waals surface area contributed by atoms with Gasteiger partial charge in [0.05, 0.1) is 0 Å². The summed E-state index contributed by atoms with van der Waals surface area (Å²) in [6.45, 7) is 2.49. The molecular formula is C22H21F3N4O2S. The summed E-state index contributed by atoms with van der Waals surface area (Å²) in [5.41, 5.74) is 1.20. The lowest BCUT2D eigenvalue weighted by Crippen LogP contribution is -2.36. The molecule has 0 saturated carbocycles. The lowest BCUT2D eigenvalue weighted by Gasteiger charge is -2.31. The Hall–Kier alpha value is -2.98. The predicted octanol–water partition coefficient (Wildman–Crippen LogP) is 3.69. The van der Waals surface area contributed by atoms with E-state index in [-0.39, 0.29) is 18.1 Å². The monoisotopic (exact) mass is 462 g/mol. The Balaban J connectivity index is 1.53. The Morgan fingerprint density at radius 3 is 2.28 bits per heavy atom. The van der Waals surface area contributed by atoms with E-state index in [1.807, 2.05) is 6.07 Å². The number of nitrogens with one attached hydrogen (secondary N) is 1. The van der Waals surface area contributed by atoms with Gasteiger partial charge in [-0.15, -0.1) is 0 Å². The number of aromatic nitrogens is 2. The van der Waals surface area contributed by atoms with Crippen LogP contribution in [0.5, 0.6) is 0 Å². The Kier molecular flexibility index (Phi) is 6.43. The molecule has 0 amide bonds. The second kappa shape index (κ2) is 9.25. The van der Waals surface area contributed by atoms with E-state index in [2.05, 4.69) is 20.2 Å². The summed E-state index contributed by atoms with van der Waals surface area (Å²) in [5.74, 6) is -3.69. The van der Waals surface area contributed by atoms with Gasteiger partial charge in [-0.3, -0.25) is 4.90 Å². The van der Waals surface area contributed by atoms with Crippen LogP contribution >= 0.6 is 0 Å². The minimum Gasteiger partial charge on any atom is -0.381 e. The number of anilines is 1. The first kappa shape index (κ1) is 22.2. The van der Waals surface area contributed by atoms with Gasteiger partial charge in [0.15, 0.2) is 9.84 Å². The van der Waals surface area contributed by atoms with Crippen molar-refractivity contribution in [2.24, 2.45) is 0 Å². The van der Waals surface area contributed by atoms with Crippen molar-refractivity contribution in [1.82, 2.24) is 14.9 Å². The highest BCUT2D eigenvalue weighted by atomic mass is 32.2. The van der Waals surface area contributed by atoms with E-state index in [0.29, 0.717) is 12.1 Å². The molecule has 0 aliphatic carbocycles. The third-order valence-electron chi connectivity index (χ3n) is 5.28. The van der Waals surface area contributed by atoms with Gasteiger partial charge >= 0.3 is 0 Å². The van der Waals surface area contributed by atoms with E-state index >= 15 is 0 Å². The maximum Gasteiger partial charge on any atom is 0.191 e. The number of benzene rings is 2. The summed E-state index contributed by atoms with van der Waals surface area (Å²) in [6, 6.07) is 8.06. The molecule has 0 bridgehead atoms. The molecule has 168 valence electrons. The zero-order valence-corrected chi connectivity index (χ0v) is 17.9. The normalized spacial score (nSPS) is 14.2. The average molecular weight is 462 g/mol. The van der Waals surface area contributed by atoms with E-state index in [4.69, 9.17) is 0 Å². The van der Waals surface area contributed by atoms with Crippen LogP contribution in [0.2, 0.25) is 0 Å². The summed E-state index contributed by atoms with van der Waals surface area (Å²) >= 11 is 0. The van der Waals surface area contributed by atoms with Gasteiger partial charge in [0.2, 0.25) is 0 Å². The summed E-state index contributed by atoms with van der Waals surface area (Å²) in [4.78, 5) is 8.71. The number of hydrogen-bond acceptors (Lipinski definition) is 6. The van der Waals surface area contributed by atoms with Gasteiger partial charge in [-0.2, -0.15) is 0 Å². The molecule has 10 heteroatoms. The average Bonchev–Trinajstić information content (AvgIpc) is 2.69. The highest BCUT2D eigenvalue weighted by molar-refractivity contribution is 7.90. The van der Waals surface area contributed by atoms with E-state index in [0.717, 1.165) is 37.2 Å². The van der Waals surface area contributed by atoms with Gasteiger partial charge in [-0.1, -0.05) is 12.1 Å². The van der Waals surface area contributed by atoms with Crippen LogP contribution in [0.3, 0.4) is 0 Å². The van der Waals surface area contributed by atoms with E-state index < -0.39 is 37.9 Å². The summed E-state index contributed by atoms with van der Waals surface area (Å²) < 4.78 is 68.7. The van der Waals surface area contributed by atoms with Crippen molar-refractivity contribution in [3.05, 3.63) is 83.2 Å². The Bertz CT molecular complexity index is 1200. The highest BCUT2D eigenvalue weighted by Crippen LogP contribution is 2.27. The molecule has 1 saturated heterocycles. The molecule has 3 aromatic rings. The SMILES string of the molecule is O=S(=O)(Cc1ncccn1)c1c(F)cc(NCc2c(F)cccc2CN2CCC2)cc1F. The van der Waals surface area contributed by atoms with Crippen LogP contribution in [0.1, 0.15) is 23.4 Å². The predicted molar refractivity (Wildman–Crippen MR) is 113 cm³/mol. The Labute approximate surface area is 184 Å². The second-order valence-corrected chi connectivity index (χ2v) is 9.48. The number of likely N-dealkylation sites (tertiary alicyclic amines) is 1. The first-order valence-electron chi connectivity index (χ1n) is 10.0. The lowest BCUT2D eigenvalue weighted by atomic mass is 10.0. The number of halogens is 3. The van der Waals surface area contributed by atoms with E-state index in [1.165, 1.54) is 24.5 Å². The molecule has 1 fully saturated rings. The third kappa shape index (κ3) is 4.91. The first-order chi connectivity index (χ1) is 15.3. The van der Waals surface area contributed by atoms with Gasteiger partial charge in [0, 0.05) is 36.7 Å². The van der Waals surface area contributed by atoms with Crippen LogP contribution in [0.4, 0.5) is 18.9 Å². The maximum absolute atomic E-state index is 14.6. The Morgan fingerprint density at radius 2 is 1.66 bits per heavy atom. The molecule has 2 heterocycles. The lowest BCUT2D eigenvalue weighted by molar-refractivity contribution is 0.172. The molecule has 0 unspecified atom stereocenters. The Morgan fingerprint density at radius 1 is 0.969 bits per heavy atom. The number of nitrogens with zero attached hydrogens (tertiary/aromatic N) is 3. The minimum absolute atomic E-state index is 0.00131. The van der Waals surface area contributed by atoms with Crippen LogP contribution in [-0.2, 0) is 28.7 Å². The van der Waals surface area contributed by atoms with Gasteiger partial charge in [0.25, 0.3) is 0 Å². The molecule has 6 nitrogen and oxygen atoms in total. The summed E-state index contributed by atoms with van der Waals surface area (Å²) in [6.07, 6.45) is 3.79. The van der Waals surface area contributed by atoms with Gasteiger partial charge < -0.3 is 5.32 Å². The molecule has 2 aromatic carbocycles. The third-order valence-corrected chi connectivity index (χ3v) is 6.93. The minimum atomic E-state index is -4.35. The zero-order valence-electron chi connectivity index (χ0n) is 17.1. The van der Waals surface area contributed by atoms with Crippen LogP contribution in [0, 0.1) is 17.5 Å². The summed E-state index contributed by atoms with van der Waals surface area (Å²) in [5, 5.41) is 2.80. The fraction of sp³-hybridized carbons (Fsp3) is 0.273. The molecule has 1 aliphatic rings. The molecule has 0 radical (unpaired) electrons. The molecular weight excluding hydrogens is 441 g/mol. The van der Waals surface area contributed by atoms with Crippen molar-refractivity contribution in [2.75, 3.05) is 18.4 Å². The van der Waals surface area contributed by atoms with Crippen molar-refractivity contribution >= 4 is 15.5 Å². The second-order valence-electron chi connectivity index (χ2n) is 7.55. The van der Waals surface area contributed by atoms with Gasteiger partial charge in [0.1, 0.15) is 33.9 Å². The fourth-order valence-electron chi connectivity index (χ4n) is 3.53. The molecule has 32 heavy (non-hydrogen) atoms. The van der Waals surface area contributed by atoms with Crippen LogP contribution < -0.4 is 5.32 Å². The fourth-order valence-corrected chi connectivity index (χ4v) is 4.87. The first-order valence-corrected chi connectivity index (χ1v) is 11.7. The zero-order chi connectivity index (χ0) is 22.7. The van der Waals surface area contributed by atoms with Crippen molar-refractivity contribution in [3.63, 3.8) is 0 Å². The largest absolute Gasteiger partial charge is 0.381 e. The van der Waals surface area contributed by atoms with Crippen molar-refractivity contribution < 1.29 is 21.6 Å². The quantitative estimate of drug-likeness (QED) is 0.551. The van der Waals surface area contributed by atoms with Crippen LogP contribution in [0.15, 0.2) is 53.7 Å². The molecule has 0 spiro atoms. The number of rotatable bonds is 8. The van der Waals surface area contributed by atoms with Gasteiger partial charge in [-0.05, 0) is 49.3 Å². The van der Waals surface area contributed by atoms with Crippen LogP contribution in [0.25, 0.3) is 0 Å². The molecule has 1 N–H and O–H groups in total. The molecule has 1 aliphatic heterocycles. The van der Waals surface area contributed by atoms with E-state index in [9.17, 15) is 21.6 Å². The topological polar surface area (TPSA) is 75.2 Å².